The van der Waals surface area contributed by atoms with Crippen LogP contribution in [0.4, 0.5) is 5.69 Å². The lowest BCUT2D eigenvalue weighted by atomic mass is 9.94. The Balaban J connectivity index is 1.80. The molecule has 1 atom stereocenters. The SMILES string of the molecule is Cc1cc(/C(O)=C2\C(=O)C(=O)N(Cc3cccnc3)[C@H]2c2ccc([N+](=O)[O-])cc2)ccc1OCC(C)C. The highest BCUT2D eigenvalue weighted by atomic mass is 16.6. The van der Waals surface area contributed by atoms with Gasteiger partial charge >= 0.3 is 0 Å². The van der Waals surface area contributed by atoms with Crippen molar-refractivity contribution in [3.63, 3.8) is 0 Å². The molecular weight excluding hydrogens is 474 g/mol. The van der Waals surface area contributed by atoms with Gasteiger partial charge in [-0.3, -0.25) is 24.7 Å². The molecule has 9 nitrogen and oxygen atoms in total. The lowest BCUT2D eigenvalue weighted by Gasteiger charge is -2.25. The van der Waals surface area contributed by atoms with E-state index in [-0.39, 0.29) is 23.6 Å². The normalized spacial score (nSPS) is 16.9. The molecule has 0 unspecified atom stereocenters. The monoisotopic (exact) mass is 501 g/mol. The first kappa shape index (κ1) is 25.6. The zero-order valence-electron chi connectivity index (χ0n) is 20.7. The zero-order valence-corrected chi connectivity index (χ0v) is 20.7. The highest BCUT2D eigenvalue weighted by molar-refractivity contribution is 6.46. The third-order valence-electron chi connectivity index (χ3n) is 6.06. The minimum absolute atomic E-state index is 0.0673. The van der Waals surface area contributed by atoms with Crippen molar-refractivity contribution in [1.82, 2.24) is 9.88 Å². The number of aryl methyl sites for hydroxylation is 1. The highest BCUT2D eigenvalue weighted by Gasteiger charge is 2.46. The van der Waals surface area contributed by atoms with Crippen LogP contribution >= 0.6 is 0 Å². The van der Waals surface area contributed by atoms with E-state index in [9.17, 15) is 24.8 Å². The number of non-ortho nitro benzene ring substituents is 1. The molecule has 2 heterocycles. The molecule has 0 radical (unpaired) electrons. The Morgan fingerprint density at radius 1 is 1.16 bits per heavy atom. The molecule has 1 aliphatic rings. The number of rotatable bonds is 8. The van der Waals surface area contributed by atoms with Gasteiger partial charge in [-0.1, -0.05) is 19.9 Å². The van der Waals surface area contributed by atoms with Crippen LogP contribution in [-0.2, 0) is 16.1 Å². The molecule has 0 bridgehead atoms. The van der Waals surface area contributed by atoms with Gasteiger partial charge in [0.05, 0.1) is 23.1 Å². The standard InChI is InChI=1S/C28H27N3O6/c1-17(2)16-37-23-11-8-21(13-18(23)3)26(32)24-25(20-6-9-22(10-7-20)31(35)36)30(28(34)27(24)33)15-19-5-4-12-29-14-19/h4-14,17,25,32H,15-16H2,1-3H3/b26-24+/t25-/m0/s1. The molecule has 1 amide bonds. The summed E-state index contributed by atoms with van der Waals surface area (Å²) in [6.45, 7) is 6.52. The van der Waals surface area contributed by atoms with Crippen LogP contribution in [0.3, 0.4) is 0 Å². The summed E-state index contributed by atoms with van der Waals surface area (Å²) in [5.74, 6) is -0.932. The van der Waals surface area contributed by atoms with E-state index in [1.807, 2.05) is 20.8 Å². The zero-order chi connectivity index (χ0) is 26.7. The van der Waals surface area contributed by atoms with E-state index < -0.39 is 22.7 Å². The van der Waals surface area contributed by atoms with Crippen LogP contribution in [0.15, 0.2) is 72.6 Å². The summed E-state index contributed by atoms with van der Waals surface area (Å²) in [5, 5.41) is 22.5. The first-order chi connectivity index (χ1) is 17.7. The largest absolute Gasteiger partial charge is 0.507 e. The number of aliphatic hydroxyl groups excluding tert-OH is 1. The van der Waals surface area contributed by atoms with Gasteiger partial charge in [0.1, 0.15) is 11.5 Å². The molecule has 1 fully saturated rings. The van der Waals surface area contributed by atoms with E-state index in [2.05, 4.69) is 4.98 Å². The third kappa shape index (κ3) is 5.35. The second-order valence-electron chi connectivity index (χ2n) is 9.32. The fourth-order valence-corrected chi connectivity index (χ4v) is 4.23. The number of nitrogens with zero attached hydrogens (tertiary/aromatic N) is 3. The molecule has 1 aliphatic heterocycles. The van der Waals surface area contributed by atoms with Crippen LogP contribution in [0.1, 0.15) is 42.1 Å². The number of likely N-dealkylation sites (tertiary alicyclic amines) is 1. The van der Waals surface area contributed by atoms with Gasteiger partial charge in [0.2, 0.25) is 0 Å². The van der Waals surface area contributed by atoms with Crippen LogP contribution < -0.4 is 4.74 Å². The Bertz CT molecular complexity index is 1370. The van der Waals surface area contributed by atoms with Gasteiger partial charge < -0.3 is 14.7 Å². The van der Waals surface area contributed by atoms with Crippen LogP contribution in [0.25, 0.3) is 5.76 Å². The molecule has 1 aromatic heterocycles. The molecule has 190 valence electrons. The number of aromatic nitrogens is 1. The predicted octanol–water partition coefficient (Wildman–Crippen LogP) is 4.95. The first-order valence-electron chi connectivity index (χ1n) is 11.8. The summed E-state index contributed by atoms with van der Waals surface area (Å²) in [4.78, 5) is 42.5. The van der Waals surface area contributed by atoms with Gasteiger partial charge in [0.15, 0.2) is 0 Å². The predicted molar refractivity (Wildman–Crippen MR) is 137 cm³/mol. The minimum atomic E-state index is -0.946. The van der Waals surface area contributed by atoms with Crippen molar-refractivity contribution in [2.24, 2.45) is 5.92 Å². The number of hydrogen-bond acceptors (Lipinski definition) is 7. The van der Waals surface area contributed by atoms with E-state index in [0.29, 0.717) is 35.0 Å². The maximum Gasteiger partial charge on any atom is 0.295 e. The number of aliphatic hydroxyl groups is 1. The van der Waals surface area contributed by atoms with Gasteiger partial charge in [-0.15, -0.1) is 0 Å². The Labute approximate surface area is 214 Å². The molecule has 37 heavy (non-hydrogen) atoms. The van der Waals surface area contributed by atoms with Gasteiger partial charge in [-0.2, -0.15) is 0 Å². The first-order valence-corrected chi connectivity index (χ1v) is 11.8. The smallest absolute Gasteiger partial charge is 0.295 e. The average Bonchev–Trinajstić information content (AvgIpc) is 3.13. The maximum absolute atomic E-state index is 13.3. The minimum Gasteiger partial charge on any atom is -0.507 e. The molecular formula is C28H27N3O6. The van der Waals surface area contributed by atoms with Crippen molar-refractivity contribution in [1.29, 1.82) is 0 Å². The number of ketones is 1. The second-order valence-corrected chi connectivity index (χ2v) is 9.32. The quantitative estimate of drug-likeness (QED) is 0.152. The number of carbonyl (C=O) groups is 2. The summed E-state index contributed by atoms with van der Waals surface area (Å²) >= 11 is 0. The fraction of sp³-hybridized carbons (Fsp3) is 0.250. The third-order valence-corrected chi connectivity index (χ3v) is 6.06. The molecule has 2 aromatic carbocycles. The number of Topliss-reactive ketones (excluding diaryl/α,β-unsaturated/α-hetero) is 1. The van der Waals surface area contributed by atoms with Crippen molar-refractivity contribution >= 4 is 23.1 Å². The number of hydrogen-bond donors (Lipinski definition) is 1. The topological polar surface area (TPSA) is 123 Å². The van der Waals surface area contributed by atoms with Crippen molar-refractivity contribution in [2.75, 3.05) is 6.61 Å². The Hall–Kier alpha value is -4.53. The Morgan fingerprint density at radius 3 is 2.49 bits per heavy atom. The molecule has 3 aromatic rings. The molecule has 9 heteroatoms. The number of amides is 1. The summed E-state index contributed by atoms with van der Waals surface area (Å²) in [5.41, 5.74) is 2.07. The van der Waals surface area contributed by atoms with E-state index in [1.54, 1.807) is 42.7 Å². The molecule has 0 saturated carbocycles. The van der Waals surface area contributed by atoms with E-state index >= 15 is 0 Å². The number of ether oxygens (including phenoxy) is 1. The highest BCUT2D eigenvalue weighted by Crippen LogP contribution is 2.41. The Kier molecular flexibility index (Phi) is 7.33. The van der Waals surface area contributed by atoms with E-state index in [4.69, 9.17) is 4.74 Å². The summed E-state index contributed by atoms with van der Waals surface area (Å²) in [7, 11) is 0. The number of carbonyl (C=O) groups excluding carboxylic acids is 2. The lowest BCUT2D eigenvalue weighted by molar-refractivity contribution is -0.384. The van der Waals surface area contributed by atoms with Crippen LogP contribution in [0.5, 0.6) is 5.75 Å². The number of benzene rings is 2. The average molecular weight is 502 g/mol. The lowest BCUT2D eigenvalue weighted by Crippen LogP contribution is -2.29. The Morgan fingerprint density at radius 2 is 1.89 bits per heavy atom. The van der Waals surface area contributed by atoms with Crippen LogP contribution in [-0.4, -0.2) is 38.2 Å². The fourth-order valence-electron chi connectivity index (χ4n) is 4.23. The van der Waals surface area contributed by atoms with E-state index in [0.717, 1.165) is 5.56 Å². The molecule has 1 saturated heterocycles. The summed E-state index contributed by atoms with van der Waals surface area (Å²) in [6, 6.07) is 13.2. The van der Waals surface area contributed by atoms with Gasteiger partial charge in [0.25, 0.3) is 17.4 Å². The van der Waals surface area contributed by atoms with Crippen molar-refractivity contribution in [3.8, 4) is 5.75 Å². The summed E-state index contributed by atoms with van der Waals surface area (Å²) in [6.07, 6.45) is 3.19. The number of pyridine rings is 1. The molecule has 1 N–H and O–H groups in total. The van der Waals surface area contributed by atoms with Crippen LogP contribution in [0, 0.1) is 23.0 Å². The van der Waals surface area contributed by atoms with Crippen molar-refractivity contribution in [2.45, 2.75) is 33.4 Å². The molecule has 4 rings (SSSR count). The van der Waals surface area contributed by atoms with Crippen molar-refractivity contribution in [3.05, 3.63) is 105 Å². The number of nitro benzene ring substituents is 1. The second kappa shape index (κ2) is 10.6. The summed E-state index contributed by atoms with van der Waals surface area (Å²) < 4.78 is 5.81. The number of nitro groups is 1. The van der Waals surface area contributed by atoms with Gasteiger partial charge in [0, 0.05) is 36.6 Å². The molecule has 0 aliphatic carbocycles. The van der Waals surface area contributed by atoms with Crippen molar-refractivity contribution < 1.29 is 24.4 Å². The van der Waals surface area contributed by atoms with E-state index in [1.165, 1.54) is 29.2 Å². The maximum atomic E-state index is 13.3. The van der Waals surface area contributed by atoms with Gasteiger partial charge in [-0.25, -0.2) is 0 Å². The van der Waals surface area contributed by atoms with Gasteiger partial charge in [-0.05, 0) is 65.9 Å². The molecule has 0 spiro atoms. The van der Waals surface area contributed by atoms with Crippen LogP contribution in [0.2, 0.25) is 0 Å².